The van der Waals surface area contributed by atoms with Crippen molar-refractivity contribution in [1.82, 2.24) is 10.1 Å². The number of nitrogens with one attached hydrogen (secondary N) is 1. The van der Waals surface area contributed by atoms with Crippen molar-refractivity contribution >= 4 is 11.6 Å². The van der Waals surface area contributed by atoms with Crippen molar-refractivity contribution in [2.45, 2.75) is 38.1 Å². The molecule has 1 N–H and O–H groups in total. The Morgan fingerprint density at radius 2 is 1.96 bits per heavy atom. The van der Waals surface area contributed by atoms with Gasteiger partial charge in [-0.15, -0.1) is 0 Å². The van der Waals surface area contributed by atoms with E-state index >= 15 is 0 Å². The molecule has 4 rings (SSSR count). The maximum atomic E-state index is 12.5. The van der Waals surface area contributed by atoms with Gasteiger partial charge in [0.15, 0.2) is 0 Å². The van der Waals surface area contributed by atoms with Crippen molar-refractivity contribution in [3.8, 4) is 6.07 Å². The lowest BCUT2D eigenvalue weighted by Gasteiger charge is -2.30. The van der Waals surface area contributed by atoms with E-state index in [0.29, 0.717) is 11.5 Å². The standard InChI is InChI=1S/C20H22N4O2/c21-12-14-1-5-17(6-2-14)22-20(25)16-7-9-24(10-8-16)13-18-11-19(26-23-18)15-3-4-15/h1-2,5-6,11,15-16H,3-4,7-10,13H2,(H,22,25). The number of nitriles is 1. The Morgan fingerprint density at radius 3 is 2.62 bits per heavy atom. The molecule has 1 aliphatic carbocycles. The van der Waals surface area contributed by atoms with Crippen molar-refractivity contribution < 1.29 is 9.32 Å². The molecule has 1 saturated heterocycles. The van der Waals surface area contributed by atoms with Crippen LogP contribution in [0.2, 0.25) is 0 Å². The molecule has 1 amide bonds. The van der Waals surface area contributed by atoms with E-state index in [1.54, 1.807) is 24.3 Å². The second-order valence-corrected chi connectivity index (χ2v) is 7.22. The Balaban J connectivity index is 1.25. The normalized spacial score (nSPS) is 18.4. The predicted octanol–water partition coefficient (Wildman–Crippen LogP) is 3.27. The number of carbonyl (C=O) groups excluding carboxylic acids is 1. The SMILES string of the molecule is N#Cc1ccc(NC(=O)C2CCN(Cc3cc(C4CC4)on3)CC2)cc1. The van der Waals surface area contributed by atoms with Crippen molar-refractivity contribution in [3.05, 3.63) is 47.3 Å². The van der Waals surface area contributed by atoms with Gasteiger partial charge in [-0.1, -0.05) is 5.16 Å². The molecule has 1 aromatic heterocycles. The number of nitrogens with zero attached hydrogens (tertiary/aromatic N) is 3. The number of likely N-dealkylation sites (tertiary alicyclic amines) is 1. The van der Waals surface area contributed by atoms with Gasteiger partial charge in [-0.05, 0) is 63.0 Å². The number of aromatic nitrogens is 1. The molecule has 2 fully saturated rings. The number of anilines is 1. The molecule has 0 spiro atoms. The monoisotopic (exact) mass is 350 g/mol. The van der Waals surface area contributed by atoms with Crippen LogP contribution in [0.15, 0.2) is 34.9 Å². The molecule has 26 heavy (non-hydrogen) atoms. The second-order valence-electron chi connectivity index (χ2n) is 7.22. The molecule has 0 atom stereocenters. The van der Waals surface area contributed by atoms with Crippen LogP contribution in [0, 0.1) is 17.2 Å². The third kappa shape index (κ3) is 3.94. The summed E-state index contributed by atoms with van der Waals surface area (Å²) in [7, 11) is 0. The molecule has 0 radical (unpaired) electrons. The number of rotatable bonds is 5. The first kappa shape index (κ1) is 16.8. The van der Waals surface area contributed by atoms with E-state index in [-0.39, 0.29) is 11.8 Å². The average molecular weight is 350 g/mol. The number of hydrogen-bond acceptors (Lipinski definition) is 5. The zero-order valence-corrected chi connectivity index (χ0v) is 14.6. The van der Waals surface area contributed by atoms with E-state index in [9.17, 15) is 4.79 Å². The Bertz CT molecular complexity index is 809. The van der Waals surface area contributed by atoms with Crippen LogP contribution < -0.4 is 5.32 Å². The fraction of sp³-hybridized carbons (Fsp3) is 0.450. The van der Waals surface area contributed by atoms with Crippen LogP contribution in [0.1, 0.15) is 48.6 Å². The van der Waals surface area contributed by atoms with Gasteiger partial charge < -0.3 is 9.84 Å². The van der Waals surface area contributed by atoms with Crippen molar-refractivity contribution in [2.75, 3.05) is 18.4 Å². The molecule has 1 saturated carbocycles. The maximum Gasteiger partial charge on any atom is 0.227 e. The molecule has 134 valence electrons. The molecular formula is C20H22N4O2. The second kappa shape index (κ2) is 7.30. The number of hydrogen-bond donors (Lipinski definition) is 1. The lowest BCUT2D eigenvalue weighted by atomic mass is 9.95. The van der Waals surface area contributed by atoms with E-state index in [1.165, 1.54) is 12.8 Å². The molecule has 1 aromatic carbocycles. The van der Waals surface area contributed by atoms with Gasteiger partial charge in [0, 0.05) is 30.1 Å². The summed E-state index contributed by atoms with van der Waals surface area (Å²) in [6.45, 7) is 2.56. The quantitative estimate of drug-likeness (QED) is 0.895. The molecule has 2 aromatic rings. The average Bonchev–Trinajstić information content (AvgIpc) is 3.42. The number of carbonyl (C=O) groups is 1. The van der Waals surface area contributed by atoms with Crippen molar-refractivity contribution in [2.24, 2.45) is 5.92 Å². The largest absolute Gasteiger partial charge is 0.361 e. The minimum absolute atomic E-state index is 0.0289. The maximum absolute atomic E-state index is 12.5. The Labute approximate surface area is 152 Å². The summed E-state index contributed by atoms with van der Waals surface area (Å²) in [5.41, 5.74) is 2.33. The van der Waals surface area contributed by atoms with E-state index in [1.807, 2.05) is 0 Å². The predicted molar refractivity (Wildman–Crippen MR) is 96.3 cm³/mol. The molecular weight excluding hydrogens is 328 g/mol. The molecule has 2 aliphatic rings. The highest BCUT2D eigenvalue weighted by atomic mass is 16.5. The fourth-order valence-corrected chi connectivity index (χ4v) is 3.42. The van der Waals surface area contributed by atoms with Gasteiger partial charge in [-0.2, -0.15) is 5.26 Å². The van der Waals surface area contributed by atoms with Crippen LogP contribution in [0.4, 0.5) is 5.69 Å². The number of amides is 1. The Kier molecular flexibility index (Phi) is 4.72. The minimum Gasteiger partial charge on any atom is -0.361 e. The minimum atomic E-state index is 0.0289. The van der Waals surface area contributed by atoms with Crippen LogP contribution in [0.3, 0.4) is 0 Å². The highest BCUT2D eigenvalue weighted by Crippen LogP contribution is 2.40. The van der Waals surface area contributed by atoms with Crippen LogP contribution in [-0.2, 0) is 11.3 Å². The van der Waals surface area contributed by atoms with Gasteiger partial charge in [0.25, 0.3) is 0 Å². The van der Waals surface area contributed by atoms with E-state index < -0.39 is 0 Å². The Hall–Kier alpha value is -2.65. The van der Waals surface area contributed by atoms with Gasteiger partial charge in [0.2, 0.25) is 5.91 Å². The molecule has 1 aliphatic heterocycles. The molecule has 6 nitrogen and oxygen atoms in total. The third-order valence-corrected chi connectivity index (χ3v) is 5.18. The zero-order chi connectivity index (χ0) is 17.9. The van der Waals surface area contributed by atoms with E-state index in [4.69, 9.17) is 9.78 Å². The van der Waals surface area contributed by atoms with Crippen molar-refractivity contribution in [3.63, 3.8) is 0 Å². The summed E-state index contributed by atoms with van der Waals surface area (Å²) in [4.78, 5) is 14.8. The van der Waals surface area contributed by atoms with Gasteiger partial charge in [0.1, 0.15) is 5.76 Å². The van der Waals surface area contributed by atoms with Crippen LogP contribution >= 0.6 is 0 Å². The van der Waals surface area contributed by atoms with E-state index in [0.717, 1.165) is 49.6 Å². The van der Waals surface area contributed by atoms with Crippen molar-refractivity contribution in [1.29, 1.82) is 5.26 Å². The number of piperidine rings is 1. The summed E-state index contributed by atoms with van der Waals surface area (Å²) in [5.74, 6) is 1.71. The first-order valence-corrected chi connectivity index (χ1v) is 9.20. The van der Waals surface area contributed by atoms with Gasteiger partial charge in [-0.25, -0.2) is 0 Å². The zero-order valence-electron chi connectivity index (χ0n) is 14.6. The summed E-state index contributed by atoms with van der Waals surface area (Å²) in [5, 5.41) is 16.0. The summed E-state index contributed by atoms with van der Waals surface area (Å²) in [6, 6.07) is 11.1. The topological polar surface area (TPSA) is 82.2 Å². The number of benzene rings is 1. The first-order valence-electron chi connectivity index (χ1n) is 9.20. The van der Waals surface area contributed by atoms with Gasteiger partial charge in [-0.3, -0.25) is 9.69 Å². The lowest BCUT2D eigenvalue weighted by Crippen LogP contribution is -2.37. The fourth-order valence-electron chi connectivity index (χ4n) is 3.42. The molecule has 6 heteroatoms. The molecule has 0 bridgehead atoms. The smallest absolute Gasteiger partial charge is 0.227 e. The highest BCUT2D eigenvalue weighted by Gasteiger charge is 2.29. The molecule has 2 heterocycles. The first-order chi connectivity index (χ1) is 12.7. The lowest BCUT2D eigenvalue weighted by molar-refractivity contribution is -0.121. The van der Waals surface area contributed by atoms with Gasteiger partial charge >= 0.3 is 0 Å². The van der Waals surface area contributed by atoms with Crippen LogP contribution in [0.5, 0.6) is 0 Å². The van der Waals surface area contributed by atoms with Crippen LogP contribution in [-0.4, -0.2) is 29.1 Å². The summed E-state index contributed by atoms with van der Waals surface area (Å²) < 4.78 is 5.41. The summed E-state index contributed by atoms with van der Waals surface area (Å²) >= 11 is 0. The van der Waals surface area contributed by atoms with Crippen LogP contribution in [0.25, 0.3) is 0 Å². The molecule has 0 unspecified atom stereocenters. The highest BCUT2D eigenvalue weighted by molar-refractivity contribution is 5.92. The van der Waals surface area contributed by atoms with E-state index in [2.05, 4.69) is 27.5 Å². The van der Waals surface area contributed by atoms with Gasteiger partial charge in [0.05, 0.1) is 17.3 Å². The third-order valence-electron chi connectivity index (χ3n) is 5.18. The Morgan fingerprint density at radius 1 is 1.23 bits per heavy atom. The summed E-state index contributed by atoms with van der Waals surface area (Å²) in [6.07, 6.45) is 4.12.